The van der Waals surface area contributed by atoms with Gasteiger partial charge in [0.1, 0.15) is 12.5 Å². The Bertz CT molecular complexity index is 4220. The summed E-state index contributed by atoms with van der Waals surface area (Å²) in [7, 11) is 0. The van der Waals surface area contributed by atoms with E-state index in [2.05, 4.69) is 96.7 Å². The Balaban J connectivity index is 1.16. The van der Waals surface area contributed by atoms with Gasteiger partial charge in [-0.3, -0.25) is 4.57 Å². The van der Waals surface area contributed by atoms with E-state index in [4.69, 9.17) is 16.0 Å². The van der Waals surface area contributed by atoms with Crippen molar-refractivity contribution in [2.75, 3.05) is 16.5 Å². The van der Waals surface area contributed by atoms with Crippen LogP contribution in [0.3, 0.4) is 0 Å². The van der Waals surface area contributed by atoms with Crippen molar-refractivity contribution in [2.24, 2.45) is 0 Å². The number of benzene rings is 8. The first-order chi connectivity index (χ1) is 38.6. The van der Waals surface area contributed by atoms with E-state index in [-0.39, 0.29) is 64.2 Å². The van der Waals surface area contributed by atoms with Gasteiger partial charge in [0.05, 0.1) is 47.3 Å². The summed E-state index contributed by atoms with van der Waals surface area (Å²) in [6.45, 7) is 16.9. The summed E-state index contributed by atoms with van der Waals surface area (Å²) in [6.07, 6.45) is 1.73. The fraction of sp³-hybridized carbons (Fsp3) is 0.172. The zero-order chi connectivity index (χ0) is 59.1. The van der Waals surface area contributed by atoms with Crippen LogP contribution >= 0.6 is 0 Å². The molecule has 0 saturated carbocycles. The van der Waals surface area contributed by atoms with Crippen molar-refractivity contribution in [1.29, 1.82) is 0 Å². The second-order valence-corrected chi connectivity index (χ2v) is 19.3. The van der Waals surface area contributed by atoms with Crippen LogP contribution < -0.4 is 9.80 Å². The fourth-order valence-corrected chi connectivity index (χ4v) is 10.1. The van der Waals surface area contributed by atoms with Gasteiger partial charge in [0, 0.05) is 39.2 Å². The van der Waals surface area contributed by atoms with E-state index >= 15 is 0 Å². The molecule has 0 atom stereocenters. The Morgan fingerprint density at radius 3 is 1.81 bits per heavy atom. The minimum absolute atomic E-state index is 0.0590. The van der Waals surface area contributed by atoms with E-state index in [1.54, 1.807) is 24.4 Å². The van der Waals surface area contributed by atoms with Gasteiger partial charge in [-0.1, -0.05) is 179 Å². The van der Waals surface area contributed by atoms with Crippen molar-refractivity contribution in [3.8, 4) is 39.2 Å². The third kappa shape index (κ3) is 7.36. The van der Waals surface area contributed by atoms with Gasteiger partial charge in [0.15, 0.2) is 0 Å². The number of anilines is 4. The SMILES string of the molecule is [2H]c1c([2H])c([2H])c(-c2cccc(-c3c([2H])c([2H])c([2H])c([2H])c3[2H])c2N2CN(c3cc(-c4c(C)cc(C)cc4C)cc(C(C)(C)c4ccc5c6c([2H])c([2H])c([2H])c([2H])c6n(-c6cc(C(C)(C)C)ccn6)c5c4)c3)c3ccccc32)c([2H])c1[2H]. The van der Waals surface area contributed by atoms with Gasteiger partial charge >= 0.3 is 0 Å². The van der Waals surface area contributed by atoms with Crippen LogP contribution in [0, 0.1) is 20.8 Å². The summed E-state index contributed by atoms with van der Waals surface area (Å²) in [5.41, 5.74) is 10.5. The van der Waals surface area contributed by atoms with Gasteiger partial charge in [-0.15, -0.1) is 0 Å². The molecule has 0 spiro atoms. The van der Waals surface area contributed by atoms with E-state index in [1.807, 2.05) is 58.0 Å². The minimum Gasteiger partial charge on any atom is -0.321 e. The minimum atomic E-state index is -0.789. The number of nitrogens with zero attached hydrogens (tertiary/aromatic N) is 4. The molecule has 0 radical (unpaired) electrons. The third-order valence-corrected chi connectivity index (χ3v) is 13.5. The van der Waals surface area contributed by atoms with E-state index in [1.165, 1.54) is 0 Å². The number of aryl methyl sites for hydroxylation is 3. The summed E-state index contributed by atoms with van der Waals surface area (Å²) >= 11 is 0. The van der Waals surface area contributed by atoms with Crippen molar-refractivity contribution in [2.45, 2.75) is 66.2 Å². The van der Waals surface area contributed by atoms with Gasteiger partial charge in [-0.05, 0) is 125 Å². The summed E-state index contributed by atoms with van der Waals surface area (Å²) in [6, 6.07) is 27.1. The molecule has 10 aromatic rings. The van der Waals surface area contributed by atoms with E-state index in [0.717, 1.165) is 55.9 Å². The van der Waals surface area contributed by atoms with Crippen LogP contribution in [0.1, 0.15) is 87.2 Å². The van der Waals surface area contributed by atoms with Crippen molar-refractivity contribution < 1.29 is 19.2 Å². The summed E-state index contributed by atoms with van der Waals surface area (Å²) in [5.74, 6) is 0.516. The quantitative estimate of drug-likeness (QED) is 0.152. The zero-order valence-corrected chi connectivity index (χ0v) is 39.4. The molecule has 2 aromatic heterocycles. The molecule has 8 aromatic carbocycles. The highest BCUT2D eigenvalue weighted by Gasteiger charge is 2.33. The average molecular weight is 897 g/mol. The molecule has 0 saturated heterocycles. The maximum Gasteiger partial charge on any atom is 0.137 e. The smallest absolute Gasteiger partial charge is 0.137 e. The molecule has 4 heteroatoms. The fourth-order valence-electron chi connectivity index (χ4n) is 10.1. The van der Waals surface area contributed by atoms with Crippen LogP contribution in [0.25, 0.3) is 61.0 Å². The number of fused-ring (bicyclic) bond motifs is 4. The van der Waals surface area contributed by atoms with Gasteiger partial charge < -0.3 is 9.80 Å². The van der Waals surface area contributed by atoms with Crippen LogP contribution in [0.2, 0.25) is 0 Å². The largest absolute Gasteiger partial charge is 0.321 e. The molecule has 0 N–H and O–H groups in total. The monoisotopic (exact) mass is 897 g/mol. The van der Waals surface area contributed by atoms with Crippen LogP contribution in [0.4, 0.5) is 22.7 Å². The molecular weight excluding hydrogens is 825 g/mol. The van der Waals surface area contributed by atoms with Gasteiger partial charge in [0.2, 0.25) is 0 Å². The van der Waals surface area contributed by atoms with Crippen molar-refractivity contribution in [1.82, 2.24) is 9.55 Å². The summed E-state index contributed by atoms with van der Waals surface area (Å²) in [5, 5.41) is 1.04. The normalized spacial score (nSPS) is 15.8. The number of para-hydroxylation sites is 4. The van der Waals surface area contributed by atoms with E-state index < -0.39 is 65.8 Å². The maximum absolute atomic E-state index is 9.29. The Morgan fingerprint density at radius 1 is 0.515 bits per heavy atom. The van der Waals surface area contributed by atoms with Gasteiger partial charge in [-0.2, -0.15) is 0 Å². The number of aromatic nitrogens is 2. The van der Waals surface area contributed by atoms with E-state index in [9.17, 15) is 8.22 Å². The number of rotatable bonds is 8. The molecule has 0 amide bonds. The lowest BCUT2D eigenvalue weighted by atomic mass is 9.76. The molecule has 1 aliphatic rings. The zero-order valence-electron chi connectivity index (χ0n) is 53.4. The molecule has 4 nitrogen and oxygen atoms in total. The van der Waals surface area contributed by atoms with Crippen LogP contribution in [0.5, 0.6) is 0 Å². The first kappa shape index (κ1) is 29.8. The van der Waals surface area contributed by atoms with E-state index in [0.29, 0.717) is 33.3 Å². The highest BCUT2D eigenvalue weighted by atomic mass is 15.4. The van der Waals surface area contributed by atoms with Crippen LogP contribution in [0.15, 0.2) is 194 Å². The molecule has 0 aliphatic carbocycles. The average Bonchev–Trinajstić information content (AvgIpc) is 2.14. The number of pyridine rings is 1. The van der Waals surface area contributed by atoms with Gasteiger partial charge in [-0.25, -0.2) is 4.98 Å². The summed E-state index contributed by atoms with van der Waals surface area (Å²) < 4.78 is 127. The highest BCUT2D eigenvalue weighted by Crippen LogP contribution is 2.51. The Hall–Kier alpha value is -7.69. The van der Waals surface area contributed by atoms with Crippen LogP contribution in [-0.2, 0) is 10.8 Å². The first-order valence-electron chi connectivity index (χ1n) is 29.8. The first-order valence-corrected chi connectivity index (χ1v) is 22.8. The molecule has 0 unspecified atom stereocenters. The molecule has 1 aliphatic heterocycles. The Morgan fingerprint density at radius 2 is 1.15 bits per heavy atom. The topological polar surface area (TPSA) is 24.3 Å². The second-order valence-electron chi connectivity index (χ2n) is 19.3. The van der Waals surface area contributed by atoms with Crippen molar-refractivity contribution in [3.63, 3.8) is 0 Å². The predicted molar refractivity (Wildman–Crippen MR) is 288 cm³/mol. The molecule has 0 bridgehead atoms. The predicted octanol–water partition coefficient (Wildman–Crippen LogP) is 17.0. The van der Waals surface area contributed by atoms with Crippen molar-refractivity contribution in [3.05, 3.63) is 227 Å². The number of hydrogen-bond acceptors (Lipinski definition) is 3. The summed E-state index contributed by atoms with van der Waals surface area (Å²) in [4.78, 5) is 8.88. The molecule has 3 heterocycles. The molecule has 68 heavy (non-hydrogen) atoms. The second kappa shape index (κ2) is 16.6. The molecule has 334 valence electrons. The highest BCUT2D eigenvalue weighted by molar-refractivity contribution is 6.09. The van der Waals surface area contributed by atoms with Crippen LogP contribution in [-0.4, -0.2) is 16.2 Å². The third-order valence-electron chi connectivity index (χ3n) is 13.5. The van der Waals surface area contributed by atoms with Gasteiger partial charge in [0.25, 0.3) is 0 Å². The lowest BCUT2D eigenvalue weighted by Crippen LogP contribution is -2.26. The molecule has 11 rings (SSSR count). The molecule has 0 fully saturated rings. The Kier molecular flexibility index (Phi) is 7.27. The Labute approximate surface area is 421 Å². The van der Waals surface area contributed by atoms with Crippen molar-refractivity contribution >= 4 is 44.6 Å². The molecular formula is C64H58N4. The maximum atomic E-state index is 9.29. The lowest BCUT2D eigenvalue weighted by molar-refractivity contribution is 0.588. The number of hydrogen-bond donors (Lipinski definition) is 0. The lowest BCUT2D eigenvalue weighted by Gasteiger charge is -2.31. The standard InChI is InChI=1S/C64H58N4/c1-42-34-43(2)61(44(3)35-42)47-36-50(64(7,8)49-30-31-55-54-24-15-16-27-56(54)68(59(55)39-49)60-40-48(32-33-65-60)63(4,5)6)38-51(37-47)66-41-67(58-29-18-17-28-57(58)66)62-52(45-20-11-9-12-21-45)25-19-26-53(62)46-22-13-10-14-23-46/h9-40H,41H2,1-8H3/i9D,10D,11D,12D,13D,14D,15D,16D,20D,21D,22D,23D,24D,27D.